The van der Waals surface area contributed by atoms with Crippen molar-refractivity contribution in [2.24, 2.45) is 0 Å². The van der Waals surface area contributed by atoms with Gasteiger partial charge in [-0.1, -0.05) is 6.07 Å². The maximum atomic E-state index is 10.0. The van der Waals surface area contributed by atoms with E-state index in [0.29, 0.717) is 11.3 Å². The summed E-state index contributed by atoms with van der Waals surface area (Å²) in [6.45, 7) is 3.46. The van der Waals surface area contributed by atoms with Crippen LogP contribution in [0.25, 0.3) is 0 Å². The normalized spacial score (nSPS) is 17.6. The van der Waals surface area contributed by atoms with Gasteiger partial charge in [0.1, 0.15) is 11.5 Å². The fraction of sp³-hybridized carbons (Fsp3) is 0.538. The summed E-state index contributed by atoms with van der Waals surface area (Å²) in [4.78, 5) is 2.16. The van der Waals surface area contributed by atoms with E-state index in [1.54, 1.807) is 25.3 Å². The van der Waals surface area contributed by atoms with E-state index in [1.807, 2.05) is 0 Å². The Morgan fingerprint density at radius 2 is 2.05 bits per heavy atom. The summed E-state index contributed by atoms with van der Waals surface area (Å²) >= 11 is 0. The van der Waals surface area contributed by atoms with Gasteiger partial charge in [-0.15, -0.1) is 12.4 Å². The van der Waals surface area contributed by atoms with E-state index in [2.05, 4.69) is 10.2 Å². The quantitative estimate of drug-likeness (QED) is 0.763. The van der Waals surface area contributed by atoms with Crippen LogP contribution in [0.4, 0.5) is 0 Å². The Morgan fingerprint density at radius 1 is 1.37 bits per heavy atom. The van der Waals surface area contributed by atoms with Crippen molar-refractivity contribution >= 4 is 12.4 Å². The number of aliphatic hydroxyl groups excluding tert-OH is 1. The number of aromatic hydroxyl groups is 1. The third-order valence-electron chi connectivity index (χ3n) is 3.36. The molecule has 0 radical (unpaired) electrons. The van der Waals surface area contributed by atoms with Gasteiger partial charge in [-0.05, 0) is 12.1 Å². The van der Waals surface area contributed by atoms with Gasteiger partial charge in [0.05, 0.1) is 25.3 Å². The third kappa shape index (κ3) is 3.51. The minimum Gasteiger partial charge on any atom is -0.507 e. The average Bonchev–Trinajstić information content (AvgIpc) is 2.42. The van der Waals surface area contributed by atoms with Crippen LogP contribution in [-0.4, -0.2) is 55.0 Å². The minimum absolute atomic E-state index is 0. The maximum Gasteiger partial charge on any atom is 0.127 e. The van der Waals surface area contributed by atoms with Gasteiger partial charge < -0.3 is 20.3 Å². The van der Waals surface area contributed by atoms with Crippen LogP contribution in [0, 0.1) is 0 Å². The van der Waals surface area contributed by atoms with Gasteiger partial charge in [-0.3, -0.25) is 4.90 Å². The summed E-state index contributed by atoms with van der Waals surface area (Å²) in [6, 6.07) is 4.95. The van der Waals surface area contributed by atoms with Crippen LogP contribution in [0.15, 0.2) is 18.2 Å². The first-order chi connectivity index (χ1) is 8.77. The fourth-order valence-electron chi connectivity index (χ4n) is 2.43. The molecular weight excluding hydrogens is 268 g/mol. The molecule has 0 aromatic heterocycles. The van der Waals surface area contributed by atoms with E-state index >= 15 is 0 Å². The lowest BCUT2D eigenvalue weighted by atomic mass is 10.0. The number of phenolic OH excluding ortho intramolecular Hbond substituents is 1. The molecule has 5 nitrogen and oxygen atoms in total. The second-order valence-corrected chi connectivity index (χ2v) is 4.38. The molecule has 1 fully saturated rings. The first-order valence-electron chi connectivity index (χ1n) is 6.19. The number of hydrogen-bond donors (Lipinski definition) is 3. The van der Waals surface area contributed by atoms with Crippen LogP contribution in [-0.2, 0) is 0 Å². The van der Waals surface area contributed by atoms with Crippen LogP contribution < -0.4 is 10.1 Å². The Bertz CT molecular complexity index is 397. The molecule has 1 atom stereocenters. The Labute approximate surface area is 119 Å². The van der Waals surface area contributed by atoms with Gasteiger partial charge in [0.2, 0.25) is 0 Å². The van der Waals surface area contributed by atoms with Crippen molar-refractivity contribution in [3.8, 4) is 11.5 Å². The molecule has 1 aliphatic rings. The number of phenols is 1. The zero-order valence-corrected chi connectivity index (χ0v) is 11.8. The number of piperazine rings is 1. The molecule has 1 aromatic rings. The molecule has 1 aliphatic heterocycles. The molecule has 6 heteroatoms. The maximum absolute atomic E-state index is 10.0. The molecule has 0 amide bonds. The highest BCUT2D eigenvalue weighted by Crippen LogP contribution is 2.36. The minimum atomic E-state index is -0.219. The van der Waals surface area contributed by atoms with Crippen molar-refractivity contribution in [2.45, 2.75) is 6.04 Å². The Kier molecular flexibility index (Phi) is 6.37. The van der Waals surface area contributed by atoms with Gasteiger partial charge in [0.15, 0.2) is 0 Å². The summed E-state index contributed by atoms with van der Waals surface area (Å²) in [5.74, 6) is 0.791. The van der Waals surface area contributed by atoms with Crippen LogP contribution in [0.5, 0.6) is 11.5 Å². The van der Waals surface area contributed by atoms with E-state index in [9.17, 15) is 10.2 Å². The number of halogens is 1. The zero-order chi connectivity index (χ0) is 13.0. The van der Waals surface area contributed by atoms with Crippen molar-refractivity contribution in [1.29, 1.82) is 0 Å². The molecule has 0 spiro atoms. The monoisotopic (exact) mass is 288 g/mol. The Balaban J connectivity index is 0.00000180. The number of benzene rings is 1. The van der Waals surface area contributed by atoms with Crippen molar-refractivity contribution in [3.05, 3.63) is 23.8 Å². The molecule has 108 valence electrons. The molecule has 1 saturated heterocycles. The highest BCUT2D eigenvalue weighted by Gasteiger charge is 2.26. The zero-order valence-electron chi connectivity index (χ0n) is 11.0. The summed E-state index contributed by atoms with van der Waals surface area (Å²) in [6.07, 6.45) is 0. The van der Waals surface area contributed by atoms with Crippen LogP contribution in [0.3, 0.4) is 0 Å². The number of hydrogen-bond acceptors (Lipinski definition) is 5. The van der Waals surface area contributed by atoms with Gasteiger partial charge in [0, 0.05) is 26.2 Å². The van der Waals surface area contributed by atoms with Crippen molar-refractivity contribution < 1.29 is 14.9 Å². The number of methoxy groups -OCH3 is 1. The van der Waals surface area contributed by atoms with Crippen molar-refractivity contribution in [3.63, 3.8) is 0 Å². The molecule has 2 rings (SSSR count). The summed E-state index contributed by atoms with van der Waals surface area (Å²) in [5.41, 5.74) is 0.671. The van der Waals surface area contributed by atoms with E-state index in [1.165, 1.54) is 0 Å². The number of nitrogens with one attached hydrogen (secondary N) is 1. The summed E-state index contributed by atoms with van der Waals surface area (Å²) in [5, 5.41) is 22.9. The second-order valence-electron chi connectivity index (χ2n) is 4.38. The summed E-state index contributed by atoms with van der Waals surface area (Å²) in [7, 11) is 1.57. The van der Waals surface area contributed by atoms with Gasteiger partial charge in [0.25, 0.3) is 0 Å². The first kappa shape index (κ1) is 16.0. The lowest BCUT2D eigenvalue weighted by Crippen LogP contribution is -2.46. The molecule has 1 aromatic carbocycles. The topological polar surface area (TPSA) is 65.0 Å². The lowest BCUT2D eigenvalue weighted by Gasteiger charge is -2.34. The van der Waals surface area contributed by atoms with Crippen LogP contribution >= 0.6 is 12.4 Å². The predicted octanol–water partition coefficient (Wildman–Crippen LogP) is 0.761. The highest BCUT2D eigenvalue weighted by atomic mass is 35.5. The Hall–Kier alpha value is -1.01. The van der Waals surface area contributed by atoms with Crippen molar-refractivity contribution in [2.75, 3.05) is 39.9 Å². The predicted molar refractivity (Wildman–Crippen MR) is 76.2 cm³/mol. The van der Waals surface area contributed by atoms with Crippen LogP contribution in [0.1, 0.15) is 11.6 Å². The third-order valence-corrected chi connectivity index (χ3v) is 3.36. The van der Waals surface area contributed by atoms with Gasteiger partial charge in [-0.25, -0.2) is 0 Å². The molecule has 1 heterocycles. The first-order valence-corrected chi connectivity index (χ1v) is 6.19. The Morgan fingerprint density at radius 3 is 2.63 bits per heavy atom. The molecular formula is C13H21ClN2O3. The SMILES string of the molecule is COc1cccc(O)c1[C@H](CO)N1CCNCC1.Cl. The molecule has 0 saturated carbocycles. The highest BCUT2D eigenvalue weighted by molar-refractivity contribution is 5.85. The summed E-state index contributed by atoms with van der Waals surface area (Å²) < 4.78 is 5.29. The second kappa shape index (κ2) is 7.55. The molecule has 3 N–H and O–H groups in total. The number of nitrogens with zero attached hydrogens (tertiary/aromatic N) is 1. The van der Waals surface area contributed by atoms with Crippen LogP contribution in [0.2, 0.25) is 0 Å². The molecule has 0 aliphatic carbocycles. The fourth-order valence-corrected chi connectivity index (χ4v) is 2.43. The standard InChI is InChI=1S/C13H20N2O3.ClH/c1-18-12-4-2-3-11(17)13(12)10(9-16)15-7-5-14-6-8-15;/h2-4,10,14,16-17H,5-9H2,1H3;1H/t10-;/m0./s1. The van der Waals surface area contributed by atoms with E-state index in [-0.39, 0.29) is 30.8 Å². The molecule has 19 heavy (non-hydrogen) atoms. The lowest BCUT2D eigenvalue weighted by molar-refractivity contribution is 0.107. The molecule has 0 unspecified atom stereocenters. The van der Waals surface area contributed by atoms with Gasteiger partial charge >= 0.3 is 0 Å². The van der Waals surface area contributed by atoms with E-state index in [4.69, 9.17) is 4.74 Å². The van der Waals surface area contributed by atoms with Gasteiger partial charge in [-0.2, -0.15) is 0 Å². The van der Waals surface area contributed by atoms with E-state index in [0.717, 1.165) is 26.2 Å². The largest absolute Gasteiger partial charge is 0.507 e. The smallest absolute Gasteiger partial charge is 0.127 e. The molecule has 0 bridgehead atoms. The van der Waals surface area contributed by atoms with Crippen molar-refractivity contribution in [1.82, 2.24) is 10.2 Å². The average molecular weight is 289 g/mol. The van der Waals surface area contributed by atoms with E-state index < -0.39 is 0 Å². The number of aliphatic hydroxyl groups is 1. The number of rotatable bonds is 4. The number of ether oxygens (including phenoxy) is 1.